The third kappa shape index (κ3) is 1.77. The fourth-order valence-electron chi connectivity index (χ4n) is 1.98. The Balaban J connectivity index is 2.25. The number of benzene rings is 1. The average molecular weight is 256 g/mol. The van der Waals surface area contributed by atoms with E-state index in [9.17, 15) is 4.79 Å². The number of imidazole rings is 1. The van der Waals surface area contributed by atoms with Gasteiger partial charge in [0.2, 0.25) is 0 Å². The predicted molar refractivity (Wildman–Crippen MR) is 70.7 cm³/mol. The van der Waals surface area contributed by atoms with Crippen molar-refractivity contribution in [3.63, 3.8) is 0 Å². The molecule has 3 rings (SSSR count). The summed E-state index contributed by atoms with van der Waals surface area (Å²) in [6.45, 7) is 0. The minimum Gasteiger partial charge on any atom is -0.494 e. The number of para-hydroxylation sites is 1. The first-order chi connectivity index (χ1) is 9.20. The summed E-state index contributed by atoms with van der Waals surface area (Å²) in [6, 6.07) is 8.82. The molecule has 0 fully saturated rings. The highest BCUT2D eigenvalue weighted by molar-refractivity contribution is 5.83. The van der Waals surface area contributed by atoms with Crippen LogP contribution in [-0.4, -0.2) is 26.4 Å². The lowest BCUT2D eigenvalue weighted by molar-refractivity contribution is 0.419. The maximum Gasteiger partial charge on any atom is 0.266 e. The van der Waals surface area contributed by atoms with Gasteiger partial charge in [-0.15, -0.1) is 0 Å². The molecule has 1 aromatic carbocycles. The van der Waals surface area contributed by atoms with Gasteiger partial charge in [-0.2, -0.15) is 5.10 Å². The van der Waals surface area contributed by atoms with E-state index in [2.05, 4.69) is 10.1 Å². The highest BCUT2D eigenvalue weighted by Gasteiger charge is 2.09. The van der Waals surface area contributed by atoms with E-state index >= 15 is 0 Å². The number of hydrogen-bond acceptors (Lipinski definition) is 4. The maximum absolute atomic E-state index is 11.4. The van der Waals surface area contributed by atoms with Crippen molar-refractivity contribution < 1.29 is 4.74 Å². The minimum absolute atomic E-state index is 0.147. The first-order valence-corrected chi connectivity index (χ1v) is 5.75. The van der Waals surface area contributed by atoms with Gasteiger partial charge in [0.15, 0.2) is 5.82 Å². The lowest BCUT2D eigenvalue weighted by Gasteiger charge is -2.05. The summed E-state index contributed by atoms with van der Waals surface area (Å²) in [4.78, 5) is 15.7. The molecule has 0 unspecified atom stereocenters. The summed E-state index contributed by atoms with van der Waals surface area (Å²) < 4.78 is 8.38. The summed E-state index contributed by atoms with van der Waals surface area (Å²) in [6.07, 6.45) is 1.67. The highest BCUT2D eigenvalue weighted by atomic mass is 16.5. The van der Waals surface area contributed by atoms with Crippen LogP contribution in [0.1, 0.15) is 0 Å². The second-order valence-corrected chi connectivity index (χ2v) is 4.10. The van der Waals surface area contributed by atoms with Crippen LogP contribution >= 0.6 is 0 Å². The van der Waals surface area contributed by atoms with Crippen molar-refractivity contribution in [2.45, 2.75) is 0 Å². The molecular weight excluding hydrogens is 244 g/mol. The topological polar surface area (TPSA) is 61.9 Å². The van der Waals surface area contributed by atoms with E-state index < -0.39 is 0 Å². The van der Waals surface area contributed by atoms with Gasteiger partial charge in [0.05, 0.1) is 12.6 Å². The molecule has 0 amide bonds. The molecule has 0 saturated heterocycles. The molecule has 0 aliphatic carbocycles. The number of methoxy groups -OCH3 is 1. The van der Waals surface area contributed by atoms with E-state index in [0.717, 1.165) is 11.0 Å². The largest absolute Gasteiger partial charge is 0.494 e. The Bertz CT molecular complexity index is 804. The van der Waals surface area contributed by atoms with E-state index in [1.807, 2.05) is 22.8 Å². The standard InChI is InChI=1S/C13H12N4O2/c1-16-12(18)7-6-11(15-16)17-8-14-13-9(17)4-3-5-10(13)19-2/h3-8H,1-2H3. The van der Waals surface area contributed by atoms with Crippen LogP contribution in [0.25, 0.3) is 16.9 Å². The fraction of sp³-hybridized carbons (Fsp3) is 0.154. The summed E-state index contributed by atoms with van der Waals surface area (Å²) >= 11 is 0. The summed E-state index contributed by atoms with van der Waals surface area (Å²) in [5.74, 6) is 1.35. The number of aromatic nitrogens is 4. The second-order valence-electron chi connectivity index (χ2n) is 4.10. The highest BCUT2D eigenvalue weighted by Crippen LogP contribution is 2.25. The van der Waals surface area contributed by atoms with Crippen LogP contribution in [0.15, 0.2) is 41.5 Å². The molecule has 0 aliphatic heterocycles. The third-order valence-corrected chi connectivity index (χ3v) is 2.95. The van der Waals surface area contributed by atoms with Crippen molar-refractivity contribution in [2.24, 2.45) is 7.05 Å². The van der Waals surface area contributed by atoms with Crippen molar-refractivity contribution in [1.29, 1.82) is 0 Å². The number of nitrogens with zero attached hydrogens (tertiary/aromatic N) is 4. The average Bonchev–Trinajstić information content (AvgIpc) is 2.85. The molecule has 2 heterocycles. The summed E-state index contributed by atoms with van der Waals surface area (Å²) in [5, 5.41) is 4.21. The Morgan fingerprint density at radius 2 is 2.05 bits per heavy atom. The van der Waals surface area contributed by atoms with Crippen LogP contribution in [0.2, 0.25) is 0 Å². The van der Waals surface area contributed by atoms with E-state index in [1.54, 1.807) is 26.6 Å². The van der Waals surface area contributed by atoms with Gasteiger partial charge in [-0.1, -0.05) is 6.07 Å². The molecule has 6 heteroatoms. The van der Waals surface area contributed by atoms with Crippen LogP contribution in [-0.2, 0) is 7.05 Å². The van der Waals surface area contributed by atoms with Crippen LogP contribution < -0.4 is 10.3 Å². The van der Waals surface area contributed by atoms with Gasteiger partial charge in [-0.25, -0.2) is 9.67 Å². The Hall–Kier alpha value is -2.63. The molecule has 96 valence electrons. The molecule has 3 aromatic rings. The van der Waals surface area contributed by atoms with E-state index in [-0.39, 0.29) is 5.56 Å². The summed E-state index contributed by atoms with van der Waals surface area (Å²) in [5.41, 5.74) is 1.50. The molecule has 0 saturated carbocycles. The number of ether oxygens (including phenoxy) is 1. The van der Waals surface area contributed by atoms with Gasteiger partial charge in [-0.3, -0.25) is 9.36 Å². The van der Waals surface area contributed by atoms with Crippen molar-refractivity contribution in [2.75, 3.05) is 7.11 Å². The van der Waals surface area contributed by atoms with Gasteiger partial charge in [0, 0.05) is 13.1 Å². The Morgan fingerprint density at radius 1 is 1.21 bits per heavy atom. The lowest BCUT2D eigenvalue weighted by Crippen LogP contribution is -2.19. The zero-order valence-corrected chi connectivity index (χ0v) is 10.6. The first-order valence-electron chi connectivity index (χ1n) is 5.75. The molecular formula is C13H12N4O2. The van der Waals surface area contributed by atoms with E-state index in [4.69, 9.17) is 4.74 Å². The summed E-state index contributed by atoms with van der Waals surface area (Å²) in [7, 11) is 3.23. The van der Waals surface area contributed by atoms with Crippen LogP contribution in [0.3, 0.4) is 0 Å². The zero-order valence-electron chi connectivity index (χ0n) is 10.6. The number of hydrogen-bond donors (Lipinski definition) is 0. The van der Waals surface area contributed by atoms with Gasteiger partial charge >= 0.3 is 0 Å². The molecule has 2 aromatic heterocycles. The first kappa shape index (κ1) is 11.5. The second kappa shape index (κ2) is 4.24. The Kier molecular flexibility index (Phi) is 2.56. The number of rotatable bonds is 2. The maximum atomic E-state index is 11.4. The third-order valence-electron chi connectivity index (χ3n) is 2.95. The van der Waals surface area contributed by atoms with Gasteiger partial charge in [-0.05, 0) is 18.2 Å². The molecule has 0 aliphatic rings. The fourth-order valence-corrected chi connectivity index (χ4v) is 1.98. The molecule has 19 heavy (non-hydrogen) atoms. The number of fused-ring (bicyclic) bond motifs is 1. The van der Waals surface area contributed by atoms with Gasteiger partial charge in [0.1, 0.15) is 17.6 Å². The van der Waals surface area contributed by atoms with Crippen molar-refractivity contribution in [3.8, 4) is 11.6 Å². The molecule has 0 spiro atoms. The van der Waals surface area contributed by atoms with Gasteiger partial charge < -0.3 is 4.74 Å². The molecule has 0 N–H and O–H groups in total. The van der Waals surface area contributed by atoms with Crippen molar-refractivity contribution >= 4 is 11.0 Å². The van der Waals surface area contributed by atoms with Crippen molar-refractivity contribution in [3.05, 3.63) is 47.0 Å². The quantitative estimate of drug-likeness (QED) is 0.689. The Morgan fingerprint density at radius 3 is 2.79 bits per heavy atom. The smallest absolute Gasteiger partial charge is 0.266 e. The van der Waals surface area contributed by atoms with E-state index in [1.165, 1.54) is 10.7 Å². The lowest BCUT2D eigenvalue weighted by atomic mass is 10.3. The zero-order chi connectivity index (χ0) is 13.4. The van der Waals surface area contributed by atoms with Gasteiger partial charge in [0.25, 0.3) is 5.56 Å². The van der Waals surface area contributed by atoms with E-state index in [0.29, 0.717) is 11.6 Å². The monoisotopic (exact) mass is 256 g/mol. The van der Waals surface area contributed by atoms with Crippen LogP contribution in [0.5, 0.6) is 5.75 Å². The molecule has 0 bridgehead atoms. The van der Waals surface area contributed by atoms with Crippen LogP contribution in [0.4, 0.5) is 0 Å². The molecule has 0 radical (unpaired) electrons. The predicted octanol–water partition coefficient (Wildman–Crippen LogP) is 1.13. The molecule has 0 atom stereocenters. The van der Waals surface area contributed by atoms with Crippen LogP contribution in [0, 0.1) is 0 Å². The SMILES string of the molecule is COc1cccc2c1ncn2-c1ccc(=O)n(C)n1. The minimum atomic E-state index is -0.147. The normalized spacial score (nSPS) is 10.8. The van der Waals surface area contributed by atoms with Crippen molar-refractivity contribution in [1.82, 2.24) is 19.3 Å². The molecule has 6 nitrogen and oxygen atoms in total. The number of aryl methyl sites for hydroxylation is 1. The Labute approximate surface area is 108 Å².